The van der Waals surface area contributed by atoms with Gasteiger partial charge in [0.25, 0.3) is 12.4 Å². The highest BCUT2D eigenvalue weighted by atomic mass is 16.5. The number of benzene rings is 1. The van der Waals surface area contributed by atoms with Gasteiger partial charge in [-0.1, -0.05) is 30.4 Å². The summed E-state index contributed by atoms with van der Waals surface area (Å²) >= 11 is 0. The molecule has 0 saturated heterocycles. The molecule has 0 bridgehead atoms. The molecule has 0 saturated carbocycles. The van der Waals surface area contributed by atoms with E-state index in [1.807, 2.05) is 30.4 Å². The van der Waals surface area contributed by atoms with Crippen molar-refractivity contribution in [3.63, 3.8) is 0 Å². The lowest BCUT2D eigenvalue weighted by atomic mass is 9.99. The van der Waals surface area contributed by atoms with Gasteiger partial charge in [0, 0.05) is 5.56 Å². The minimum absolute atomic E-state index is 0.161. The van der Waals surface area contributed by atoms with Crippen molar-refractivity contribution in [3.05, 3.63) is 48.0 Å². The van der Waals surface area contributed by atoms with Gasteiger partial charge in [-0.25, -0.2) is 0 Å². The Hall–Kier alpha value is -2.10. The Balaban J connectivity index is 2.03. The van der Waals surface area contributed by atoms with E-state index in [0.717, 1.165) is 12.8 Å². The molecule has 0 unspecified atom stereocenters. The lowest BCUT2D eigenvalue weighted by molar-refractivity contribution is -0.134. The van der Waals surface area contributed by atoms with Crippen LogP contribution in [0.5, 0.6) is 0 Å². The van der Waals surface area contributed by atoms with Crippen molar-refractivity contribution in [1.82, 2.24) is 5.32 Å². The number of ether oxygens (including phenoxy) is 1. The van der Waals surface area contributed by atoms with Crippen molar-refractivity contribution < 1.29 is 14.3 Å². The lowest BCUT2D eigenvalue weighted by Crippen LogP contribution is -2.44. The molecular weight excluding hydrogens is 230 g/mol. The quantitative estimate of drug-likeness (QED) is 0.648. The molecule has 0 aliphatic heterocycles. The number of carbonyl (C=O) groups excluding carboxylic acids is 2. The van der Waals surface area contributed by atoms with Crippen molar-refractivity contribution in [2.75, 3.05) is 0 Å². The molecular formula is C14H15NO3. The predicted molar refractivity (Wildman–Crippen MR) is 67.0 cm³/mol. The van der Waals surface area contributed by atoms with Crippen LogP contribution >= 0.6 is 0 Å². The first-order valence-corrected chi connectivity index (χ1v) is 5.93. The molecule has 4 heteroatoms. The molecule has 1 amide bonds. The van der Waals surface area contributed by atoms with Crippen LogP contribution in [0.2, 0.25) is 0 Å². The summed E-state index contributed by atoms with van der Waals surface area (Å²) in [5.74, 6) is -0.161. The predicted octanol–water partition coefficient (Wildman–Crippen LogP) is 1.68. The normalized spacial score (nSPS) is 22.2. The molecule has 1 aromatic carbocycles. The number of carbonyl (C=O) groups is 2. The Bertz CT molecular complexity index is 442. The van der Waals surface area contributed by atoms with Gasteiger partial charge in [-0.15, -0.1) is 0 Å². The molecule has 0 spiro atoms. The van der Waals surface area contributed by atoms with E-state index in [1.165, 1.54) is 0 Å². The molecule has 18 heavy (non-hydrogen) atoms. The topological polar surface area (TPSA) is 55.4 Å². The van der Waals surface area contributed by atoms with Gasteiger partial charge in [0.2, 0.25) is 0 Å². The Morgan fingerprint density at radius 2 is 2.11 bits per heavy atom. The Morgan fingerprint density at radius 3 is 2.83 bits per heavy atom. The van der Waals surface area contributed by atoms with Crippen LogP contribution in [0.3, 0.4) is 0 Å². The Morgan fingerprint density at radius 1 is 1.33 bits per heavy atom. The van der Waals surface area contributed by atoms with E-state index in [4.69, 9.17) is 4.74 Å². The van der Waals surface area contributed by atoms with Crippen LogP contribution in [-0.4, -0.2) is 24.5 Å². The van der Waals surface area contributed by atoms with Gasteiger partial charge < -0.3 is 10.1 Å². The summed E-state index contributed by atoms with van der Waals surface area (Å²) in [5, 5.41) is 2.86. The smallest absolute Gasteiger partial charge is 0.293 e. The summed E-state index contributed by atoms with van der Waals surface area (Å²) in [5.41, 5.74) is 0.598. The molecule has 4 nitrogen and oxygen atoms in total. The third-order valence-corrected chi connectivity index (χ3v) is 2.93. The fraction of sp³-hybridized carbons (Fsp3) is 0.286. The first-order valence-electron chi connectivity index (χ1n) is 5.93. The minimum Gasteiger partial charge on any atom is -0.462 e. The zero-order valence-corrected chi connectivity index (χ0v) is 9.91. The maximum atomic E-state index is 12.0. The van der Waals surface area contributed by atoms with Gasteiger partial charge in [0.05, 0.1) is 6.04 Å². The van der Waals surface area contributed by atoms with Gasteiger partial charge in [-0.3, -0.25) is 9.59 Å². The summed E-state index contributed by atoms with van der Waals surface area (Å²) in [4.78, 5) is 22.4. The van der Waals surface area contributed by atoms with Crippen LogP contribution in [0.15, 0.2) is 42.5 Å². The SMILES string of the molecule is O=CO[C@@H]1CCC=C[C@H]1NC(=O)c1ccccc1. The highest BCUT2D eigenvalue weighted by Crippen LogP contribution is 2.15. The van der Waals surface area contributed by atoms with Crippen molar-refractivity contribution in [2.24, 2.45) is 0 Å². The Labute approximate surface area is 106 Å². The molecule has 0 fully saturated rings. The summed E-state index contributed by atoms with van der Waals surface area (Å²) in [6.07, 6.45) is 5.17. The second kappa shape index (κ2) is 6.00. The third-order valence-electron chi connectivity index (χ3n) is 2.93. The maximum absolute atomic E-state index is 12.0. The van der Waals surface area contributed by atoms with Gasteiger partial charge in [0.15, 0.2) is 0 Å². The summed E-state index contributed by atoms with van der Waals surface area (Å²) in [6, 6.07) is 8.72. The van der Waals surface area contributed by atoms with Crippen molar-refractivity contribution in [2.45, 2.75) is 25.0 Å². The van der Waals surface area contributed by atoms with Crippen LogP contribution in [-0.2, 0) is 9.53 Å². The monoisotopic (exact) mass is 245 g/mol. The van der Waals surface area contributed by atoms with Gasteiger partial charge in [0.1, 0.15) is 6.10 Å². The van der Waals surface area contributed by atoms with E-state index in [1.54, 1.807) is 12.1 Å². The van der Waals surface area contributed by atoms with E-state index in [9.17, 15) is 9.59 Å². The third kappa shape index (κ3) is 2.97. The molecule has 1 aromatic rings. The Kier molecular flexibility index (Phi) is 4.12. The lowest BCUT2D eigenvalue weighted by Gasteiger charge is -2.26. The van der Waals surface area contributed by atoms with E-state index >= 15 is 0 Å². The van der Waals surface area contributed by atoms with E-state index in [-0.39, 0.29) is 18.1 Å². The van der Waals surface area contributed by atoms with Crippen molar-refractivity contribution in [1.29, 1.82) is 0 Å². The number of hydrogen-bond acceptors (Lipinski definition) is 3. The molecule has 0 heterocycles. The van der Waals surface area contributed by atoms with Crippen LogP contribution in [0, 0.1) is 0 Å². The van der Waals surface area contributed by atoms with E-state index in [0.29, 0.717) is 12.0 Å². The zero-order valence-electron chi connectivity index (χ0n) is 9.91. The largest absolute Gasteiger partial charge is 0.462 e. The van der Waals surface area contributed by atoms with Gasteiger partial charge in [-0.2, -0.15) is 0 Å². The van der Waals surface area contributed by atoms with E-state index in [2.05, 4.69) is 5.32 Å². The van der Waals surface area contributed by atoms with Crippen LogP contribution in [0.4, 0.5) is 0 Å². The first kappa shape index (κ1) is 12.4. The van der Waals surface area contributed by atoms with Crippen LogP contribution in [0.25, 0.3) is 0 Å². The van der Waals surface area contributed by atoms with Gasteiger partial charge >= 0.3 is 0 Å². The molecule has 0 radical (unpaired) electrons. The minimum atomic E-state index is -0.278. The summed E-state index contributed by atoms with van der Waals surface area (Å²) < 4.78 is 4.99. The van der Waals surface area contributed by atoms with Gasteiger partial charge in [-0.05, 0) is 25.0 Å². The fourth-order valence-electron chi connectivity index (χ4n) is 2.00. The summed E-state index contributed by atoms with van der Waals surface area (Å²) in [7, 11) is 0. The first-order chi connectivity index (χ1) is 8.81. The standard InChI is InChI=1S/C14H15NO3/c16-10-18-13-9-5-4-8-12(13)15-14(17)11-6-2-1-3-7-11/h1-4,6-8,10,12-13H,5,9H2,(H,15,17)/t12-,13-/m1/s1. The molecule has 1 N–H and O–H groups in total. The maximum Gasteiger partial charge on any atom is 0.293 e. The molecule has 2 atom stereocenters. The number of rotatable bonds is 4. The average Bonchev–Trinajstić information content (AvgIpc) is 2.42. The highest BCUT2D eigenvalue weighted by molar-refractivity contribution is 5.94. The molecule has 1 aliphatic carbocycles. The number of amides is 1. The second-order valence-electron chi connectivity index (χ2n) is 4.14. The number of allylic oxidation sites excluding steroid dienone is 1. The molecule has 2 rings (SSSR count). The fourth-order valence-corrected chi connectivity index (χ4v) is 2.00. The highest BCUT2D eigenvalue weighted by Gasteiger charge is 2.24. The van der Waals surface area contributed by atoms with Crippen molar-refractivity contribution >= 4 is 12.4 Å². The second-order valence-corrected chi connectivity index (χ2v) is 4.14. The van der Waals surface area contributed by atoms with Crippen LogP contribution < -0.4 is 5.32 Å². The summed E-state index contributed by atoms with van der Waals surface area (Å²) in [6.45, 7) is 0.436. The van der Waals surface area contributed by atoms with Crippen LogP contribution in [0.1, 0.15) is 23.2 Å². The molecule has 94 valence electrons. The van der Waals surface area contributed by atoms with E-state index < -0.39 is 0 Å². The number of nitrogens with one attached hydrogen (secondary N) is 1. The molecule has 0 aromatic heterocycles. The molecule has 1 aliphatic rings. The van der Waals surface area contributed by atoms with Crippen molar-refractivity contribution in [3.8, 4) is 0 Å². The number of hydrogen-bond donors (Lipinski definition) is 1. The zero-order chi connectivity index (χ0) is 12.8. The average molecular weight is 245 g/mol.